The van der Waals surface area contributed by atoms with Crippen LogP contribution in [0.3, 0.4) is 0 Å². The van der Waals surface area contributed by atoms with Crippen LogP contribution in [0.5, 0.6) is 0 Å². The first kappa shape index (κ1) is 13.1. The van der Waals surface area contributed by atoms with Crippen molar-refractivity contribution in [2.24, 2.45) is 11.7 Å². The molecule has 5 heteroatoms. The summed E-state index contributed by atoms with van der Waals surface area (Å²) in [6, 6.07) is 0.125. The first-order valence-corrected chi connectivity index (χ1v) is 6.68. The van der Waals surface area contributed by atoms with Gasteiger partial charge in [-0.05, 0) is 19.8 Å². The quantitative estimate of drug-likeness (QED) is 0.834. The van der Waals surface area contributed by atoms with Crippen molar-refractivity contribution >= 4 is 5.91 Å². The fourth-order valence-corrected chi connectivity index (χ4v) is 2.59. The normalized spacial score (nSPS) is 25.7. The van der Waals surface area contributed by atoms with Crippen molar-refractivity contribution in [1.29, 1.82) is 0 Å². The van der Waals surface area contributed by atoms with Crippen LogP contribution < -0.4 is 11.1 Å². The monoisotopic (exact) mass is 250 g/mol. The van der Waals surface area contributed by atoms with E-state index in [-0.39, 0.29) is 23.9 Å². The van der Waals surface area contributed by atoms with Crippen LogP contribution >= 0.6 is 0 Å². The lowest BCUT2D eigenvalue weighted by atomic mass is 9.84. The highest BCUT2D eigenvalue weighted by molar-refractivity contribution is 5.79. The number of aromatic nitrogens is 2. The smallest absolute Gasteiger partial charge is 0.224 e. The number of carbonyl (C=O) groups is 1. The van der Waals surface area contributed by atoms with Gasteiger partial charge in [-0.15, -0.1) is 0 Å². The Morgan fingerprint density at radius 2 is 2.33 bits per heavy atom. The Balaban J connectivity index is 1.82. The number of carbonyl (C=O) groups excluding carboxylic acids is 1. The molecule has 0 saturated heterocycles. The van der Waals surface area contributed by atoms with Gasteiger partial charge in [0, 0.05) is 31.0 Å². The average molecular weight is 250 g/mol. The highest BCUT2D eigenvalue weighted by Crippen LogP contribution is 2.23. The Kier molecular flexibility index (Phi) is 4.36. The van der Waals surface area contributed by atoms with Gasteiger partial charge >= 0.3 is 0 Å². The molecule has 100 valence electrons. The maximum atomic E-state index is 12.1. The number of hydrogen-bond donors (Lipinski definition) is 2. The number of amides is 1. The van der Waals surface area contributed by atoms with Gasteiger partial charge in [-0.3, -0.25) is 4.79 Å². The summed E-state index contributed by atoms with van der Waals surface area (Å²) in [4.78, 5) is 16.1. The zero-order valence-electron chi connectivity index (χ0n) is 10.9. The van der Waals surface area contributed by atoms with E-state index in [4.69, 9.17) is 5.73 Å². The van der Waals surface area contributed by atoms with Crippen LogP contribution in [0.25, 0.3) is 0 Å². The minimum atomic E-state index is -0.0102. The molecular formula is C13H22N4O. The van der Waals surface area contributed by atoms with Crippen molar-refractivity contribution in [1.82, 2.24) is 14.9 Å². The first-order chi connectivity index (χ1) is 8.66. The molecule has 2 rings (SSSR count). The van der Waals surface area contributed by atoms with E-state index in [1.807, 2.05) is 17.7 Å². The summed E-state index contributed by atoms with van der Waals surface area (Å²) in [5, 5.41) is 3.05. The minimum absolute atomic E-state index is 0.0102. The van der Waals surface area contributed by atoms with E-state index >= 15 is 0 Å². The van der Waals surface area contributed by atoms with Gasteiger partial charge in [-0.1, -0.05) is 12.8 Å². The summed E-state index contributed by atoms with van der Waals surface area (Å²) < 4.78 is 1.96. The van der Waals surface area contributed by atoms with E-state index in [0.29, 0.717) is 0 Å². The van der Waals surface area contributed by atoms with E-state index in [0.717, 1.165) is 32.2 Å². The third-order valence-corrected chi connectivity index (χ3v) is 3.59. The van der Waals surface area contributed by atoms with Crippen molar-refractivity contribution < 1.29 is 4.79 Å². The second-order valence-electron chi connectivity index (χ2n) is 5.22. The van der Waals surface area contributed by atoms with Gasteiger partial charge in [0.05, 0.1) is 12.2 Å². The number of nitrogens with zero attached hydrogens (tertiary/aromatic N) is 2. The molecule has 0 aromatic carbocycles. The zero-order chi connectivity index (χ0) is 13.0. The highest BCUT2D eigenvalue weighted by atomic mass is 16.2. The van der Waals surface area contributed by atoms with Crippen LogP contribution in [0.2, 0.25) is 0 Å². The molecule has 1 amide bonds. The molecule has 1 saturated carbocycles. The molecular weight excluding hydrogens is 228 g/mol. The summed E-state index contributed by atoms with van der Waals surface area (Å²) in [7, 11) is 0. The predicted molar refractivity (Wildman–Crippen MR) is 69.8 cm³/mol. The van der Waals surface area contributed by atoms with Gasteiger partial charge in [-0.25, -0.2) is 4.98 Å². The Morgan fingerprint density at radius 1 is 1.56 bits per heavy atom. The van der Waals surface area contributed by atoms with Crippen LogP contribution in [-0.4, -0.2) is 27.5 Å². The molecule has 3 N–H and O–H groups in total. The molecule has 1 aliphatic rings. The zero-order valence-corrected chi connectivity index (χ0v) is 10.9. The summed E-state index contributed by atoms with van der Waals surface area (Å²) in [5.74, 6) is 0.0961. The van der Waals surface area contributed by atoms with Gasteiger partial charge in [-0.2, -0.15) is 0 Å². The number of nitrogens with two attached hydrogens (primary N) is 1. The predicted octanol–water partition coefficient (Wildman–Crippen LogP) is 0.905. The minimum Gasteiger partial charge on any atom is -0.352 e. The summed E-state index contributed by atoms with van der Waals surface area (Å²) >= 11 is 0. The molecule has 0 bridgehead atoms. The van der Waals surface area contributed by atoms with Gasteiger partial charge in [0.1, 0.15) is 0 Å². The SMILES string of the molecule is CC(Cn1ccnc1)NC(=O)C1CCCCC1N. The lowest BCUT2D eigenvalue weighted by Gasteiger charge is -2.28. The van der Waals surface area contributed by atoms with Crippen LogP contribution in [0.15, 0.2) is 18.7 Å². The fraction of sp³-hybridized carbons (Fsp3) is 0.692. The van der Waals surface area contributed by atoms with Gasteiger partial charge in [0.25, 0.3) is 0 Å². The van der Waals surface area contributed by atoms with Gasteiger partial charge < -0.3 is 15.6 Å². The number of rotatable bonds is 4. The van der Waals surface area contributed by atoms with Crippen LogP contribution in [0, 0.1) is 5.92 Å². The molecule has 1 heterocycles. The van der Waals surface area contributed by atoms with Crippen LogP contribution in [0.4, 0.5) is 0 Å². The number of imidazole rings is 1. The number of hydrogen-bond acceptors (Lipinski definition) is 3. The second-order valence-corrected chi connectivity index (χ2v) is 5.22. The molecule has 1 aromatic heterocycles. The van der Waals surface area contributed by atoms with Gasteiger partial charge in [0.15, 0.2) is 0 Å². The molecule has 0 spiro atoms. The van der Waals surface area contributed by atoms with Crippen LogP contribution in [-0.2, 0) is 11.3 Å². The van der Waals surface area contributed by atoms with Crippen molar-refractivity contribution in [3.05, 3.63) is 18.7 Å². The molecule has 3 atom stereocenters. The molecule has 0 radical (unpaired) electrons. The molecule has 1 fully saturated rings. The van der Waals surface area contributed by atoms with E-state index in [1.54, 1.807) is 12.5 Å². The molecule has 0 aliphatic heterocycles. The Hall–Kier alpha value is -1.36. The molecule has 3 unspecified atom stereocenters. The topological polar surface area (TPSA) is 72.9 Å². The highest BCUT2D eigenvalue weighted by Gasteiger charge is 2.28. The Labute approximate surface area is 108 Å². The van der Waals surface area contributed by atoms with E-state index in [9.17, 15) is 4.79 Å². The standard InChI is InChI=1S/C13H22N4O/c1-10(8-17-7-6-15-9-17)16-13(18)11-4-2-3-5-12(11)14/h6-7,9-12H,2-5,8,14H2,1H3,(H,16,18). The van der Waals surface area contributed by atoms with Crippen molar-refractivity contribution in [2.75, 3.05) is 0 Å². The van der Waals surface area contributed by atoms with Crippen molar-refractivity contribution in [3.63, 3.8) is 0 Å². The maximum absolute atomic E-state index is 12.1. The largest absolute Gasteiger partial charge is 0.352 e. The third-order valence-electron chi connectivity index (χ3n) is 3.59. The first-order valence-electron chi connectivity index (χ1n) is 6.68. The summed E-state index contributed by atoms with van der Waals surface area (Å²) in [5.41, 5.74) is 6.02. The third kappa shape index (κ3) is 3.32. The molecule has 1 aliphatic carbocycles. The van der Waals surface area contributed by atoms with E-state index < -0.39 is 0 Å². The summed E-state index contributed by atoms with van der Waals surface area (Å²) in [6.07, 6.45) is 9.55. The van der Waals surface area contributed by atoms with Gasteiger partial charge in [0.2, 0.25) is 5.91 Å². The molecule has 1 aromatic rings. The summed E-state index contributed by atoms with van der Waals surface area (Å²) in [6.45, 7) is 2.75. The second kappa shape index (κ2) is 6.00. The van der Waals surface area contributed by atoms with E-state index in [2.05, 4.69) is 10.3 Å². The molecule has 18 heavy (non-hydrogen) atoms. The Bertz CT molecular complexity index is 376. The van der Waals surface area contributed by atoms with E-state index in [1.165, 1.54) is 0 Å². The van der Waals surface area contributed by atoms with Crippen LogP contribution in [0.1, 0.15) is 32.6 Å². The molecule has 5 nitrogen and oxygen atoms in total. The lowest BCUT2D eigenvalue weighted by molar-refractivity contribution is -0.127. The van der Waals surface area contributed by atoms with Crippen molar-refractivity contribution in [3.8, 4) is 0 Å². The fourth-order valence-electron chi connectivity index (χ4n) is 2.59. The maximum Gasteiger partial charge on any atom is 0.224 e. The number of nitrogens with one attached hydrogen (secondary N) is 1. The lowest BCUT2D eigenvalue weighted by Crippen LogP contribution is -2.47. The average Bonchev–Trinajstić information content (AvgIpc) is 2.82. The Morgan fingerprint density at radius 3 is 3.00 bits per heavy atom. The van der Waals surface area contributed by atoms with Crippen molar-refractivity contribution in [2.45, 2.75) is 51.2 Å².